The van der Waals surface area contributed by atoms with E-state index >= 15 is 0 Å². The average molecular weight is 408 g/mol. The predicted molar refractivity (Wildman–Crippen MR) is 115 cm³/mol. The topological polar surface area (TPSA) is 129 Å². The van der Waals surface area contributed by atoms with Crippen molar-refractivity contribution in [3.63, 3.8) is 0 Å². The smallest absolute Gasteiger partial charge is 0.256 e. The number of H-pyrrole nitrogens is 1. The van der Waals surface area contributed by atoms with Crippen LogP contribution in [0.3, 0.4) is 0 Å². The Hall–Kier alpha value is -3.72. The predicted octanol–water partition coefficient (Wildman–Crippen LogP) is 2.41. The van der Waals surface area contributed by atoms with Gasteiger partial charge in [-0.2, -0.15) is 5.10 Å². The van der Waals surface area contributed by atoms with E-state index in [1.165, 1.54) is 0 Å². The molecule has 0 saturated carbocycles. The van der Waals surface area contributed by atoms with Crippen molar-refractivity contribution in [3.05, 3.63) is 59.7 Å². The number of carbonyl (C=O) groups excluding carboxylic acids is 1. The van der Waals surface area contributed by atoms with Gasteiger partial charge in [0.15, 0.2) is 5.82 Å². The minimum atomic E-state index is -0.593. The first-order valence-corrected chi connectivity index (χ1v) is 9.70. The van der Waals surface area contributed by atoms with Crippen molar-refractivity contribution < 1.29 is 14.6 Å². The van der Waals surface area contributed by atoms with Crippen LogP contribution in [0.5, 0.6) is 5.75 Å². The number of amides is 1. The van der Waals surface area contributed by atoms with Crippen LogP contribution >= 0.6 is 0 Å². The largest absolute Gasteiger partial charge is 0.508 e. The van der Waals surface area contributed by atoms with Crippen molar-refractivity contribution in [1.82, 2.24) is 10.2 Å². The molecule has 2 heterocycles. The maximum Gasteiger partial charge on any atom is 0.256 e. The van der Waals surface area contributed by atoms with Crippen molar-refractivity contribution in [3.8, 4) is 5.75 Å². The molecule has 1 aliphatic heterocycles. The van der Waals surface area contributed by atoms with Gasteiger partial charge in [-0.1, -0.05) is 12.1 Å². The van der Waals surface area contributed by atoms with Crippen LogP contribution < -0.4 is 21.3 Å². The molecule has 0 spiro atoms. The summed E-state index contributed by atoms with van der Waals surface area (Å²) in [5.41, 5.74) is 8.70. The van der Waals surface area contributed by atoms with E-state index in [0.29, 0.717) is 18.2 Å². The highest BCUT2D eigenvalue weighted by atomic mass is 16.5. The molecule has 0 aliphatic carbocycles. The van der Waals surface area contributed by atoms with Gasteiger partial charge in [0, 0.05) is 31.0 Å². The minimum Gasteiger partial charge on any atom is -0.508 e. The number of phenols is 1. The molecule has 30 heavy (non-hydrogen) atoms. The maximum absolute atomic E-state index is 12.0. The molecule has 1 aromatic heterocycles. The molecule has 9 heteroatoms. The number of ether oxygens (including phenoxy) is 1. The van der Waals surface area contributed by atoms with Crippen molar-refractivity contribution in [1.29, 1.82) is 0 Å². The molecular weight excluding hydrogens is 384 g/mol. The summed E-state index contributed by atoms with van der Waals surface area (Å²) in [6.07, 6.45) is 0. The van der Waals surface area contributed by atoms with Crippen molar-refractivity contribution in [2.24, 2.45) is 5.73 Å². The molecule has 6 N–H and O–H groups in total. The molecule has 2 aromatic carbocycles. The van der Waals surface area contributed by atoms with Gasteiger partial charge in [0.2, 0.25) is 0 Å². The molecule has 9 nitrogen and oxygen atoms in total. The molecule has 0 bridgehead atoms. The van der Waals surface area contributed by atoms with Gasteiger partial charge < -0.3 is 31.1 Å². The van der Waals surface area contributed by atoms with Crippen LogP contribution in [0.2, 0.25) is 0 Å². The molecule has 156 valence electrons. The standard InChI is InChI=1S/C21H24N6O3/c22-19(29)18-20(23-13-14-1-7-17(28)8-2-14)25-26-21(18)24-15-3-5-16(6-4-15)27-9-11-30-12-10-27/h1-8,28H,9-13H2,(H2,22,29)(H3,23,24,25,26). The van der Waals surface area contributed by atoms with E-state index in [4.69, 9.17) is 10.5 Å². The number of morpholine rings is 1. The minimum absolute atomic E-state index is 0.198. The number of aromatic nitrogens is 2. The van der Waals surface area contributed by atoms with Crippen molar-refractivity contribution in [2.45, 2.75) is 6.54 Å². The van der Waals surface area contributed by atoms with E-state index in [0.717, 1.165) is 43.2 Å². The molecule has 3 aromatic rings. The van der Waals surface area contributed by atoms with Gasteiger partial charge in [0.05, 0.1) is 13.2 Å². The van der Waals surface area contributed by atoms with Gasteiger partial charge >= 0.3 is 0 Å². The number of rotatable bonds is 7. The summed E-state index contributed by atoms with van der Waals surface area (Å²) in [6.45, 7) is 3.64. The number of carbonyl (C=O) groups is 1. The number of nitrogens with two attached hydrogens (primary N) is 1. The highest BCUT2D eigenvalue weighted by molar-refractivity contribution is 6.03. The second-order valence-electron chi connectivity index (χ2n) is 6.98. The number of phenolic OH excluding ortho intramolecular Hbond substituents is 1. The molecular formula is C21H24N6O3. The lowest BCUT2D eigenvalue weighted by Crippen LogP contribution is -2.36. The number of nitrogens with one attached hydrogen (secondary N) is 3. The number of hydrogen-bond acceptors (Lipinski definition) is 7. The Balaban J connectivity index is 1.46. The lowest BCUT2D eigenvalue weighted by atomic mass is 10.2. The number of benzene rings is 2. The number of aromatic amines is 1. The molecule has 1 amide bonds. The van der Waals surface area contributed by atoms with E-state index in [9.17, 15) is 9.90 Å². The Morgan fingerprint density at radius 3 is 2.50 bits per heavy atom. The van der Waals surface area contributed by atoms with E-state index < -0.39 is 5.91 Å². The van der Waals surface area contributed by atoms with Gasteiger partial charge in [0.25, 0.3) is 5.91 Å². The third kappa shape index (κ3) is 4.47. The van der Waals surface area contributed by atoms with Crippen LogP contribution in [-0.4, -0.2) is 47.5 Å². The summed E-state index contributed by atoms with van der Waals surface area (Å²) in [4.78, 5) is 14.3. The molecule has 0 radical (unpaired) electrons. The molecule has 1 aliphatic rings. The number of nitrogens with zero attached hydrogens (tertiary/aromatic N) is 2. The van der Waals surface area contributed by atoms with Crippen LogP contribution in [0.1, 0.15) is 15.9 Å². The van der Waals surface area contributed by atoms with Gasteiger partial charge in [-0.15, -0.1) is 0 Å². The Labute approximate surface area is 173 Å². The summed E-state index contributed by atoms with van der Waals surface area (Å²) in [6, 6.07) is 14.7. The molecule has 0 atom stereocenters. The van der Waals surface area contributed by atoms with Crippen LogP contribution in [0, 0.1) is 0 Å². The number of primary amides is 1. The zero-order valence-corrected chi connectivity index (χ0v) is 16.4. The van der Waals surface area contributed by atoms with Gasteiger partial charge in [-0.05, 0) is 42.0 Å². The molecule has 0 unspecified atom stereocenters. The number of hydrogen-bond donors (Lipinski definition) is 5. The summed E-state index contributed by atoms with van der Waals surface area (Å²) in [5.74, 6) is 0.395. The van der Waals surface area contributed by atoms with Crippen LogP contribution in [0.25, 0.3) is 0 Å². The first kappa shape index (κ1) is 19.6. The lowest BCUT2D eigenvalue weighted by molar-refractivity contribution is 0.100. The molecule has 4 rings (SSSR count). The fourth-order valence-corrected chi connectivity index (χ4v) is 3.32. The molecule has 1 saturated heterocycles. The summed E-state index contributed by atoms with van der Waals surface area (Å²) in [7, 11) is 0. The highest BCUT2D eigenvalue weighted by Gasteiger charge is 2.19. The number of aromatic hydroxyl groups is 1. The highest BCUT2D eigenvalue weighted by Crippen LogP contribution is 2.26. The summed E-state index contributed by atoms with van der Waals surface area (Å²) < 4.78 is 5.39. The Bertz CT molecular complexity index is 995. The normalized spacial score (nSPS) is 13.8. The Kier molecular flexibility index (Phi) is 5.71. The second-order valence-corrected chi connectivity index (χ2v) is 6.98. The van der Waals surface area contributed by atoms with Gasteiger partial charge in [-0.25, -0.2) is 0 Å². The summed E-state index contributed by atoms with van der Waals surface area (Å²) >= 11 is 0. The lowest BCUT2D eigenvalue weighted by Gasteiger charge is -2.28. The maximum atomic E-state index is 12.0. The van der Waals surface area contributed by atoms with E-state index in [-0.39, 0.29) is 11.3 Å². The molecule has 1 fully saturated rings. The number of anilines is 4. The Morgan fingerprint density at radius 1 is 1.13 bits per heavy atom. The zero-order valence-electron chi connectivity index (χ0n) is 16.4. The second kappa shape index (κ2) is 8.75. The van der Waals surface area contributed by atoms with E-state index in [2.05, 4.69) is 25.7 Å². The van der Waals surface area contributed by atoms with E-state index in [1.54, 1.807) is 24.3 Å². The quantitative estimate of drug-likeness (QED) is 0.406. The average Bonchev–Trinajstić information content (AvgIpc) is 3.17. The van der Waals surface area contributed by atoms with Gasteiger partial charge in [-0.3, -0.25) is 9.89 Å². The first-order valence-electron chi connectivity index (χ1n) is 9.70. The SMILES string of the molecule is NC(=O)c1c(Nc2ccc(N3CCOCC3)cc2)n[nH]c1NCc1ccc(O)cc1. The van der Waals surface area contributed by atoms with Crippen molar-refractivity contribution >= 4 is 28.9 Å². The zero-order chi connectivity index (χ0) is 20.9. The van der Waals surface area contributed by atoms with Crippen LogP contribution in [0.4, 0.5) is 23.0 Å². The fourth-order valence-electron chi connectivity index (χ4n) is 3.32. The first-order chi connectivity index (χ1) is 14.6. The monoisotopic (exact) mass is 408 g/mol. The van der Waals surface area contributed by atoms with Crippen molar-refractivity contribution in [2.75, 3.05) is 41.8 Å². The third-order valence-corrected chi connectivity index (χ3v) is 4.92. The Morgan fingerprint density at radius 2 is 1.83 bits per heavy atom. The fraction of sp³-hybridized carbons (Fsp3) is 0.238. The summed E-state index contributed by atoms with van der Waals surface area (Å²) in [5, 5.41) is 22.7. The van der Waals surface area contributed by atoms with E-state index in [1.807, 2.05) is 24.3 Å². The van der Waals surface area contributed by atoms with Crippen LogP contribution in [-0.2, 0) is 11.3 Å². The van der Waals surface area contributed by atoms with Gasteiger partial charge in [0.1, 0.15) is 17.1 Å². The van der Waals surface area contributed by atoms with Crippen LogP contribution in [0.15, 0.2) is 48.5 Å². The third-order valence-electron chi connectivity index (χ3n) is 4.92.